The van der Waals surface area contributed by atoms with Crippen molar-refractivity contribution in [1.82, 2.24) is 14.8 Å². The molecule has 1 N–H and O–H groups in total. The molecule has 0 saturated carbocycles. The van der Waals surface area contributed by atoms with Crippen molar-refractivity contribution in [2.24, 2.45) is 7.05 Å². The molecule has 170 valence electrons. The van der Waals surface area contributed by atoms with Gasteiger partial charge in [-0.2, -0.15) is 13.9 Å². The molecule has 0 aliphatic carbocycles. The van der Waals surface area contributed by atoms with E-state index in [1.165, 1.54) is 29.5 Å². The Morgan fingerprint density at radius 2 is 2.00 bits per heavy atom. The molecule has 4 aromatic rings. The lowest BCUT2D eigenvalue weighted by Gasteiger charge is -2.12. The number of rotatable bonds is 7. The number of carbonyl (C=O) groups excluding carboxylic acids is 2. The minimum absolute atomic E-state index is 0.0354. The number of alkyl halides is 2. The van der Waals surface area contributed by atoms with E-state index in [0.29, 0.717) is 22.4 Å². The van der Waals surface area contributed by atoms with E-state index in [-0.39, 0.29) is 17.0 Å². The van der Waals surface area contributed by atoms with Gasteiger partial charge in [0.25, 0.3) is 5.91 Å². The van der Waals surface area contributed by atoms with Crippen molar-refractivity contribution < 1.29 is 27.8 Å². The highest BCUT2D eigenvalue weighted by molar-refractivity contribution is 7.13. The van der Waals surface area contributed by atoms with Gasteiger partial charge in [0.05, 0.1) is 32.9 Å². The van der Waals surface area contributed by atoms with Crippen LogP contribution >= 0.6 is 11.3 Å². The molecular formula is C22H18F2N4O4S. The van der Waals surface area contributed by atoms with Gasteiger partial charge in [-0.25, -0.2) is 9.78 Å². The predicted molar refractivity (Wildman–Crippen MR) is 119 cm³/mol. The second-order valence-corrected chi connectivity index (χ2v) is 7.89. The second-order valence-electron chi connectivity index (χ2n) is 6.94. The summed E-state index contributed by atoms with van der Waals surface area (Å²) < 4.78 is 36.3. The summed E-state index contributed by atoms with van der Waals surface area (Å²) in [5.74, 6) is -1.64. The monoisotopic (exact) mass is 472 g/mol. The van der Waals surface area contributed by atoms with Crippen LogP contribution in [-0.2, 0) is 16.6 Å². The van der Waals surface area contributed by atoms with E-state index in [4.69, 9.17) is 4.74 Å². The zero-order chi connectivity index (χ0) is 23.5. The lowest BCUT2D eigenvalue weighted by Crippen LogP contribution is -2.21. The van der Waals surface area contributed by atoms with Gasteiger partial charge in [0.2, 0.25) is 0 Å². The molecular weight excluding hydrogens is 454 g/mol. The number of aryl methyl sites for hydroxylation is 2. The number of benzene rings is 1. The van der Waals surface area contributed by atoms with E-state index in [0.717, 1.165) is 4.88 Å². The maximum absolute atomic E-state index is 12.9. The number of halogens is 2. The van der Waals surface area contributed by atoms with Crippen LogP contribution in [0.2, 0.25) is 0 Å². The predicted octanol–water partition coefficient (Wildman–Crippen LogP) is 4.40. The highest BCUT2D eigenvalue weighted by Crippen LogP contribution is 2.30. The van der Waals surface area contributed by atoms with Crippen molar-refractivity contribution in [2.75, 3.05) is 11.9 Å². The molecule has 4 rings (SSSR count). The molecule has 33 heavy (non-hydrogen) atoms. The quantitative estimate of drug-likeness (QED) is 0.401. The number of pyridine rings is 1. The van der Waals surface area contributed by atoms with Crippen molar-refractivity contribution in [1.29, 1.82) is 0 Å². The van der Waals surface area contributed by atoms with Crippen molar-refractivity contribution in [2.45, 2.75) is 13.5 Å². The number of thiophene rings is 1. The fraction of sp³-hybridized carbons (Fsp3) is 0.182. The Labute approximate surface area is 190 Å². The molecule has 3 aromatic heterocycles. The summed E-state index contributed by atoms with van der Waals surface area (Å²) >= 11 is 1.47. The van der Waals surface area contributed by atoms with Gasteiger partial charge in [0, 0.05) is 7.05 Å². The molecule has 0 atom stereocenters. The standard InChI is InChI=1S/C22H18F2N4O4S/c1-12-19-13(10-15(17-8-5-9-33-17)26-20(19)28(2)27-12)21(30)31-11-18(29)25-14-6-3-4-7-16(14)32-22(23)24/h3-10,22H,11H2,1-2H3,(H,25,29). The third-order valence-corrected chi connectivity index (χ3v) is 5.57. The smallest absolute Gasteiger partial charge is 0.387 e. The van der Waals surface area contributed by atoms with Crippen LogP contribution in [0.3, 0.4) is 0 Å². The molecule has 1 amide bonds. The number of carbonyl (C=O) groups is 2. The lowest BCUT2D eigenvalue weighted by atomic mass is 10.1. The summed E-state index contributed by atoms with van der Waals surface area (Å²) in [6, 6.07) is 11.1. The minimum Gasteiger partial charge on any atom is -0.452 e. The molecule has 0 aliphatic heterocycles. The maximum Gasteiger partial charge on any atom is 0.387 e. The first-order chi connectivity index (χ1) is 15.8. The van der Waals surface area contributed by atoms with Crippen LogP contribution < -0.4 is 10.1 Å². The fourth-order valence-corrected chi connectivity index (χ4v) is 4.01. The van der Waals surface area contributed by atoms with Crippen molar-refractivity contribution >= 4 is 39.9 Å². The number of aromatic nitrogens is 3. The molecule has 0 fully saturated rings. The van der Waals surface area contributed by atoms with Gasteiger partial charge in [0.1, 0.15) is 5.75 Å². The molecule has 0 bridgehead atoms. The fourth-order valence-electron chi connectivity index (χ4n) is 3.32. The third-order valence-electron chi connectivity index (χ3n) is 4.67. The number of ether oxygens (including phenoxy) is 2. The molecule has 0 spiro atoms. The summed E-state index contributed by atoms with van der Waals surface area (Å²) in [6.07, 6.45) is 0. The van der Waals surface area contributed by atoms with Gasteiger partial charge >= 0.3 is 12.6 Å². The van der Waals surface area contributed by atoms with Crippen molar-refractivity contribution in [3.63, 3.8) is 0 Å². The van der Waals surface area contributed by atoms with Crippen LogP contribution in [0.1, 0.15) is 16.1 Å². The molecule has 8 nitrogen and oxygen atoms in total. The molecule has 0 radical (unpaired) electrons. The summed E-state index contributed by atoms with van der Waals surface area (Å²) in [5.41, 5.74) is 1.94. The molecule has 3 heterocycles. The molecule has 0 unspecified atom stereocenters. The van der Waals surface area contributed by atoms with Crippen LogP contribution in [0, 0.1) is 6.92 Å². The van der Waals surface area contributed by atoms with Gasteiger partial charge < -0.3 is 14.8 Å². The van der Waals surface area contributed by atoms with Crippen LogP contribution in [0.5, 0.6) is 5.75 Å². The Bertz CT molecular complexity index is 1320. The van der Waals surface area contributed by atoms with E-state index in [2.05, 4.69) is 20.1 Å². The zero-order valence-corrected chi connectivity index (χ0v) is 18.4. The zero-order valence-electron chi connectivity index (χ0n) is 17.5. The summed E-state index contributed by atoms with van der Waals surface area (Å²) in [7, 11) is 1.72. The lowest BCUT2D eigenvalue weighted by molar-refractivity contribution is -0.119. The van der Waals surface area contributed by atoms with Gasteiger partial charge in [-0.3, -0.25) is 9.48 Å². The first-order valence-corrected chi connectivity index (χ1v) is 10.6. The number of para-hydroxylation sites is 2. The summed E-state index contributed by atoms with van der Waals surface area (Å²) in [6.45, 7) is -1.92. The van der Waals surface area contributed by atoms with Crippen LogP contribution in [0.25, 0.3) is 21.6 Å². The van der Waals surface area contributed by atoms with Crippen LogP contribution in [0.4, 0.5) is 14.5 Å². The number of esters is 1. The average Bonchev–Trinajstić information content (AvgIpc) is 3.41. The van der Waals surface area contributed by atoms with Crippen LogP contribution in [0.15, 0.2) is 47.8 Å². The third kappa shape index (κ3) is 4.82. The van der Waals surface area contributed by atoms with E-state index < -0.39 is 25.1 Å². The molecule has 1 aromatic carbocycles. The Kier molecular flexibility index (Phi) is 6.31. The van der Waals surface area contributed by atoms with Gasteiger partial charge in [-0.1, -0.05) is 18.2 Å². The van der Waals surface area contributed by atoms with Crippen molar-refractivity contribution in [3.8, 4) is 16.3 Å². The van der Waals surface area contributed by atoms with Crippen molar-refractivity contribution in [3.05, 3.63) is 59.1 Å². The van der Waals surface area contributed by atoms with Gasteiger partial charge in [-0.15, -0.1) is 11.3 Å². The van der Waals surface area contributed by atoms with Crippen LogP contribution in [-0.4, -0.2) is 39.9 Å². The Morgan fingerprint density at radius 1 is 1.21 bits per heavy atom. The first-order valence-electron chi connectivity index (χ1n) is 9.72. The first kappa shape index (κ1) is 22.3. The van der Waals surface area contributed by atoms with E-state index in [9.17, 15) is 18.4 Å². The highest BCUT2D eigenvalue weighted by Gasteiger charge is 2.21. The van der Waals surface area contributed by atoms with Gasteiger partial charge in [0.15, 0.2) is 12.3 Å². The normalized spacial score (nSPS) is 11.1. The minimum atomic E-state index is -3.05. The number of nitrogens with one attached hydrogen (secondary N) is 1. The maximum atomic E-state index is 12.9. The van der Waals surface area contributed by atoms with E-state index >= 15 is 0 Å². The SMILES string of the molecule is Cc1nn(C)c2nc(-c3cccs3)cc(C(=O)OCC(=O)Nc3ccccc3OC(F)F)c12. The molecule has 0 aliphatic rings. The molecule has 11 heteroatoms. The number of nitrogens with zero attached hydrogens (tertiary/aromatic N) is 3. The van der Waals surface area contributed by atoms with E-state index in [1.807, 2.05) is 17.5 Å². The summed E-state index contributed by atoms with van der Waals surface area (Å²) in [4.78, 5) is 30.7. The molecule has 0 saturated heterocycles. The second kappa shape index (κ2) is 9.33. The average molecular weight is 472 g/mol. The number of hydrogen-bond donors (Lipinski definition) is 1. The topological polar surface area (TPSA) is 95.3 Å². The Hall–Kier alpha value is -3.86. The number of anilines is 1. The highest BCUT2D eigenvalue weighted by atomic mass is 32.1. The van der Waals surface area contributed by atoms with Gasteiger partial charge in [-0.05, 0) is 36.6 Å². The number of hydrogen-bond acceptors (Lipinski definition) is 7. The van der Waals surface area contributed by atoms with E-state index in [1.54, 1.807) is 30.8 Å². The largest absolute Gasteiger partial charge is 0.452 e. The summed E-state index contributed by atoms with van der Waals surface area (Å²) in [5, 5.41) is 9.17. The Balaban J connectivity index is 1.54. The Morgan fingerprint density at radius 3 is 2.73 bits per heavy atom. The number of amides is 1. The number of fused-ring (bicyclic) bond motifs is 1.